The molecule has 3 nitrogen and oxygen atoms in total. The van der Waals surface area contributed by atoms with Gasteiger partial charge in [-0.2, -0.15) is 5.26 Å². The molecule has 0 aliphatic carbocycles. The third kappa shape index (κ3) is 3.49. The largest absolute Gasteiger partial charge is 0.496 e. The molecular weight excluding hydrogens is 306 g/mol. The molecule has 0 aliphatic heterocycles. The number of methoxy groups -OCH3 is 1. The van der Waals surface area contributed by atoms with Gasteiger partial charge in [0.15, 0.2) is 0 Å². The van der Waals surface area contributed by atoms with E-state index in [0.717, 1.165) is 15.8 Å². The highest BCUT2D eigenvalue weighted by Crippen LogP contribution is 2.24. The molecule has 0 saturated carbocycles. The van der Waals surface area contributed by atoms with Crippen molar-refractivity contribution in [1.29, 1.82) is 5.26 Å². The molecule has 19 heavy (non-hydrogen) atoms. The van der Waals surface area contributed by atoms with Crippen molar-refractivity contribution < 1.29 is 9.47 Å². The Kier molecular flexibility index (Phi) is 4.43. The van der Waals surface area contributed by atoms with E-state index in [0.29, 0.717) is 17.9 Å². The van der Waals surface area contributed by atoms with Gasteiger partial charge >= 0.3 is 0 Å². The fourth-order valence-corrected chi connectivity index (χ4v) is 2.08. The van der Waals surface area contributed by atoms with Crippen LogP contribution in [0, 0.1) is 11.3 Å². The molecule has 96 valence electrons. The van der Waals surface area contributed by atoms with Crippen LogP contribution in [-0.2, 0) is 6.61 Å². The van der Waals surface area contributed by atoms with E-state index in [4.69, 9.17) is 14.7 Å². The molecule has 0 radical (unpaired) electrons. The number of benzene rings is 2. The molecule has 0 aliphatic rings. The van der Waals surface area contributed by atoms with E-state index >= 15 is 0 Å². The number of halogens is 1. The first-order chi connectivity index (χ1) is 9.22. The van der Waals surface area contributed by atoms with Gasteiger partial charge in [-0.15, -0.1) is 0 Å². The zero-order valence-electron chi connectivity index (χ0n) is 10.4. The summed E-state index contributed by atoms with van der Waals surface area (Å²) >= 11 is 3.42. The SMILES string of the molecule is COc1ccc(Br)cc1COc1cccc(C#N)c1. The number of nitrogens with zero attached hydrogens (tertiary/aromatic N) is 1. The Balaban J connectivity index is 2.14. The molecule has 2 rings (SSSR count). The molecule has 0 atom stereocenters. The van der Waals surface area contributed by atoms with Crippen LogP contribution < -0.4 is 9.47 Å². The average molecular weight is 318 g/mol. The predicted molar refractivity (Wildman–Crippen MR) is 76.2 cm³/mol. The van der Waals surface area contributed by atoms with Gasteiger partial charge in [-0.1, -0.05) is 22.0 Å². The van der Waals surface area contributed by atoms with Crippen molar-refractivity contribution in [2.75, 3.05) is 7.11 Å². The van der Waals surface area contributed by atoms with Crippen LogP contribution >= 0.6 is 15.9 Å². The van der Waals surface area contributed by atoms with E-state index in [-0.39, 0.29) is 0 Å². The van der Waals surface area contributed by atoms with Crippen LogP contribution in [0.5, 0.6) is 11.5 Å². The van der Waals surface area contributed by atoms with Crippen molar-refractivity contribution in [2.24, 2.45) is 0 Å². The molecule has 0 fully saturated rings. The van der Waals surface area contributed by atoms with Gasteiger partial charge < -0.3 is 9.47 Å². The van der Waals surface area contributed by atoms with Gasteiger partial charge in [0.05, 0.1) is 18.7 Å². The summed E-state index contributed by atoms with van der Waals surface area (Å²) < 4.78 is 11.9. The smallest absolute Gasteiger partial charge is 0.125 e. The Morgan fingerprint density at radius 1 is 1.21 bits per heavy atom. The Hall–Kier alpha value is -1.99. The summed E-state index contributed by atoms with van der Waals surface area (Å²) in [6.07, 6.45) is 0. The maximum atomic E-state index is 8.83. The van der Waals surface area contributed by atoms with E-state index in [1.54, 1.807) is 25.3 Å². The molecular formula is C15H12BrNO2. The van der Waals surface area contributed by atoms with Crippen LogP contribution in [0.3, 0.4) is 0 Å². The van der Waals surface area contributed by atoms with Crippen molar-refractivity contribution in [3.63, 3.8) is 0 Å². The van der Waals surface area contributed by atoms with Gasteiger partial charge in [-0.25, -0.2) is 0 Å². The lowest BCUT2D eigenvalue weighted by molar-refractivity contribution is 0.296. The molecule has 0 bridgehead atoms. The highest BCUT2D eigenvalue weighted by atomic mass is 79.9. The summed E-state index contributed by atoms with van der Waals surface area (Å²) in [5, 5.41) is 8.83. The molecule has 2 aromatic rings. The number of rotatable bonds is 4. The summed E-state index contributed by atoms with van der Waals surface area (Å²) in [5.41, 5.74) is 1.53. The highest BCUT2D eigenvalue weighted by Gasteiger charge is 2.05. The van der Waals surface area contributed by atoms with Gasteiger partial charge in [-0.3, -0.25) is 0 Å². The van der Waals surface area contributed by atoms with Crippen LogP contribution in [0.15, 0.2) is 46.9 Å². The van der Waals surface area contributed by atoms with Crippen LogP contribution in [0.1, 0.15) is 11.1 Å². The summed E-state index contributed by atoms with van der Waals surface area (Å²) in [7, 11) is 1.63. The third-order valence-electron chi connectivity index (χ3n) is 2.60. The fraction of sp³-hybridized carbons (Fsp3) is 0.133. The van der Waals surface area contributed by atoms with Crippen LogP contribution in [0.2, 0.25) is 0 Å². The van der Waals surface area contributed by atoms with Crippen molar-refractivity contribution in [3.8, 4) is 17.6 Å². The van der Waals surface area contributed by atoms with Crippen molar-refractivity contribution in [1.82, 2.24) is 0 Å². The van der Waals surface area contributed by atoms with Crippen LogP contribution in [0.25, 0.3) is 0 Å². The summed E-state index contributed by atoms with van der Waals surface area (Å²) in [5.74, 6) is 1.45. The first-order valence-corrected chi connectivity index (χ1v) is 6.47. The molecule has 4 heteroatoms. The van der Waals surface area contributed by atoms with Gasteiger partial charge in [-0.05, 0) is 36.4 Å². The lowest BCUT2D eigenvalue weighted by Gasteiger charge is -2.10. The number of nitriles is 1. The Morgan fingerprint density at radius 2 is 2.05 bits per heavy atom. The van der Waals surface area contributed by atoms with Gasteiger partial charge in [0, 0.05) is 10.0 Å². The second-order valence-corrected chi connectivity index (χ2v) is 4.80. The van der Waals surface area contributed by atoms with Crippen molar-refractivity contribution in [2.45, 2.75) is 6.61 Å². The number of hydrogen-bond acceptors (Lipinski definition) is 3. The first kappa shape index (κ1) is 13.4. The Labute approximate surface area is 120 Å². The minimum Gasteiger partial charge on any atom is -0.496 e. The van der Waals surface area contributed by atoms with E-state index in [1.807, 2.05) is 24.3 Å². The van der Waals surface area contributed by atoms with Crippen molar-refractivity contribution >= 4 is 15.9 Å². The Bertz CT molecular complexity index is 620. The standard InChI is InChI=1S/C15H12BrNO2/c1-18-15-6-5-13(16)8-12(15)10-19-14-4-2-3-11(7-14)9-17/h2-8H,10H2,1H3. The van der Waals surface area contributed by atoms with Crippen LogP contribution in [-0.4, -0.2) is 7.11 Å². The molecule has 0 N–H and O–H groups in total. The Morgan fingerprint density at radius 3 is 2.79 bits per heavy atom. The van der Waals surface area contributed by atoms with Gasteiger partial charge in [0.1, 0.15) is 18.1 Å². The lowest BCUT2D eigenvalue weighted by Crippen LogP contribution is -1.99. The van der Waals surface area contributed by atoms with E-state index in [9.17, 15) is 0 Å². The first-order valence-electron chi connectivity index (χ1n) is 5.68. The van der Waals surface area contributed by atoms with E-state index < -0.39 is 0 Å². The van der Waals surface area contributed by atoms with E-state index in [1.165, 1.54) is 0 Å². The van der Waals surface area contributed by atoms with E-state index in [2.05, 4.69) is 22.0 Å². The molecule has 0 unspecified atom stereocenters. The summed E-state index contributed by atoms with van der Waals surface area (Å²) in [4.78, 5) is 0. The zero-order valence-corrected chi connectivity index (χ0v) is 12.0. The topological polar surface area (TPSA) is 42.2 Å². The molecule has 0 heterocycles. The molecule has 2 aromatic carbocycles. The normalized spacial score (nSPS) is 9.74. The van der Waals surface area contributed by atoms with Crippen LogP contribution in [0.4, 0.5) is 0 Å². The zero-order chi connectivity index (χ0) is 13.7. The molecule has 0 spiro atoms. The molecule has 0 amide bonds. The quantitative estimate of drug-likeness (QED) is 0.858. The molecule has 0 aromatic heterocycles. The monoisotopic (exact) mass is 317 g/mol. The highest BCUT2D eigenvalue weighted by molar-refractivity contribution is 9.10. The maximum absolute atomic E-state index is 8.83. The number of ether oxygens (including phenoxy) is 2. The summed E-state index contributed by atoms with van der Waals surface area (Å²) in [6, 6.07) is 14.9. The molecule has 0 saturated heterocycles. The average Bonchev–Trinajstić information content (AvgIpc) is 2.45. The van der Waals surface area contributed by atoms with Crippen molar-refractivity contribution in [3.05, 3.63) is 58.1 Å². The third-order valence-corrected chi connectivity index (χ3v) is 3.09. The van der Waals surface area contributed by atoms with Gasteiger partial charge in [0.2, 0.25) is 0 Å². The lowest BCUT2D eigenvalue weighted by atomic mass is 10.2. The maximum Gasteiger partial charge on any atom is 0.125 e. The fourth-order valence-electron chi connectivity index (χ4n) is 1.68. The number of hydrogen-bond donors (Lipinski definition) is 0. The summed E-state index contributed by atoms with van der Waals surface area (Å²) in [6.45, 7) is 0.386. The minimum atomic E-state index is 0.386. The van der Waals surface area contributed by atoms with Gasteiger partial charge in [0.25, 0.3) is 0 Å². The second-order valence-electron chi connectivity index (χ2n) is 3.88. The minimum absolute atomic E-state index is 0.386. The second kappa shape index (κ2) is 6.26. The predicted octanol–water partition coefficient (Wildman–Crippen LogP) is 3.91.